The molecule has 0 saturated carbocycles. The van der Waals surface area contributed by atoms with Gasteiger partial charge in [0.05, 0.1) is 9.77 Å². The molecule has 2 aromatic rings. The van der Waals surface area contributed by atoms with Gasteiger partial charge in [0.25, 0.3) is 0 Å². The standard InChI is InChI=1S/C21H27N3O4S2/c1-3-23-12-14-24(15-13-23)30(27,28)18-7-5-17(6-8-18)22-21(26)11-9-19(25)20-10-4-16(2)29-20/h4-8,10H,3,9,11-15H2,1-2H3,(H,22,26). The van der Waals surface area contributed by atoms with Gasteiger partial charge in [-0.2, -0.15) is 4.31 Å². The summed E-state index contributed by atoms with van der Waals surface area (Å²) in [5.74, 6) is -0.323. The minimum Gasteiger partial charge on any atom is -0.326 e. The van der Waals surface area contributed by atoms with Gasteiger partial charge >= 0.3 is 0 Å². The summed E-state index contributed by atoms with van der Waals surface area (Å²) < 4.78 is 27.1. The maximum Gasteiger partial charge on any atom is 0.243 e. The molecule has 9 heteroatoms. The quantitative estimate of drug-likeness (QED) is 0.626. The summed E-state index contributed by atoms with van der Waals surface area (Å²) in [7, 11) is -3.54. The highest BCUT2D eigenvalue weighted by molar-refractivity contribution is 7.89. The van der Waals surface area contributed by atoms with Crippen LogP contribution < -0.4 is 5.32 Å². The number of carbonyl (C=O) groups excluding carboxylic acids is 2. The van der Waals surface area contributed by atoms with E-state index in [4.69, 9.17) is 0 Å². The largest absolute Gasteiger partial charge is 0.326 e. The third kappa shape index (κ3) is 5.54. The molecule has 30 heavy (non-hydrogen) atoms. The lowest BCUT2D eigenvalue weighted by Crippen LogP contribution is -2.48. The summed E-state index contributed by atoms with van der Waals surface area (Å²) in [6, 6.07) is 9.85. The molecule has 3 rings (SSSR count). The number of Topliss-reactive ketones (excluding diaryl/α,β-unsaturated/α-hetero) is 1. The average molecular weight is 450 g/mol. The van der Waals surface area contributed by atoms with E-state index in [-0.39, 0.29) is 29.4 Å². The van der Waals surface area contributed by atoms with Crippen LogP contribution in [0.1, 0.15) is 34.3 Å². The van der Waals surface area contributed by atoms with E-state index in [1.54, 1.807) is 18.2 Å². The zero-order chi connectivity index (χ0) is 21.7. The van der Waals surface area contributed by atoms with E-state index in [9.17, 15) is 18.0 Å². The number of benzene rings is 1. The second kappa shape index (κ2) is 9.82. The van der Waals surface area contributed by atoms with Crippen LogP contribution in [0.25, 0.3) is 0 Å². The van der Waals surface area contributed by atoms with Gasteiger partial charge < -0.3 is 10.2 Å². The zero-order valence-corrected chi connectivity index (χ0v) is 18.9. The van der Waals surface area contributed by atoms with Crippen LogP contribution in [0.5, 0.6) is 0 Å². The third-order valence-electron chi connectivity index (χ3n) is 5.15. The van der Waals surface area contributed by atoms with E-state index in [1.807, 2.05) is 13.0 Å². The Balaban J connectivity index is 1.53. The normalized spacial score (nSPS) is 15.8. The van der Waals surface area contributed by atoms with Crippen LogP contribution in [0, 0.1) is 6.92 Å². The van der Waals surface area contributed by atoms with Gasteiger partial charge in [-0.05, 0) is 49.9 Å². The summed E-state index contributed by atoms with van der Waals surface area (Å²) in [4.78, 5) is 28.4. The van der Waals surface area contributed by atoms with Crippen molar-refractivity contribution in [2.75, 3.05) is 38.0 Å². The molecule has 7 nitrogen and oxygen atoms in total. The first-order valence-corrected chi connectivity index (χ1v) is 12.3. The van der Waals surface area contributed by atoms with E-state index < -0.39 is 10.0 Å². The van der Waals surface area contributed by atoms with Gasteiger partial charge in [-0.25, -0.2) is 8.42 Å². The Morgan fingerprint density at radius 2 is 1.67 bits per heavy atom. The van der Waals surface area contributed by atoms with Crippen molar-refractivity contribution in [1.29, 1.82) is 0 Å². The molecular weight excluding hydrogens is 422 g/mol. The number of thiophene rings is 1. The van der Waals surface area contributed by atoms with Gasteiger partial charge in [0, 0.05) is 49.6 Å². The lowest BCUT2D eigenvalue weighted by Gasteiger charge is -2.33. The van der Waals surface area contributed by atoms with Gasteiger partial charge in [0.1, 0.15) is 0 Å². The molecule has 2 heterocycles. The molecule has 1 N–H and O–H groups in total. The summed E-state index contributed by atoms with van der Waals surface area (Å²) in [6.07, 6.45) is 0.222. The first kappa shape index (κ1) is 22.6. The van der Waals surface area contributed by atoms with Gasteiger partial charge in [-0.3, -0.25) is 9.59 Å². The number of sulfonamides is 1. The number of ketones is 1. The van der Waals surface area contributed by atoms with E-state index in [2.05, 4.69) is 17.1 Å². The summed E-state index contributed by atoms with van der Waals surface area (Å²) in [5.41, 5.74) is 0.508. The van der Waals surface area contributed by atoms with Gasteiger partial charge in [-0.1, -0.05) is 6.92 Å². The minimum atomic E-state index is -3.54. The number of hydrogen-bond donors (Lipinski definition) is 1. The van der Waals surface area contributed by atoms with E-state index in [0.29, 0.717) is 23.7 Å². The third-order valence-corrected chi connectivity index (χ3v) is 8.10. The molecule has 1 aliphatic rings. The zero-order valence-electron chi connectivity index (χ0n) is 17.3. The summed E-state index contributed by atoms with van der Waals surface area (Å²) in [5, 5.41) is 2.72. The molecule has 1 amide bonds. The maximum absolute atomic E-state index is 12.8. The van der Waals surface area contributed by atoms with Crippen molar-refractivity contribution in [2.45, 2.75) is 31.6 Å². The lowest BCUT2D eigenvalue weighted by atomic mass is 10.2. The Morgan fingerprint density at radius 3 is 2.23 bits per heavy atom. The molecule has 162 valence electrons. The SMILES string of the molecule is CCN1CCN(S(=O)(=O)c2ccc(NC(=O)CCC(=O)c3ccc(C)s3)cc2)CC1. The van der Waals surface area contributed by atoms with Crippen LogP contribution >= 0.6 is 11.3 Å². The van der Waals surface area contributed by atoms with Crippen molar-refractivity contribution in [3.63, 3.8) is 0 Å². The van der Waals surface area contributed by atoms with Crippen LogP contribution in [0.3, 0.4) is 0 Å². The lowest BCUT2D eigenvalue weighted by molar-refractivity contribution is -0.116. The van der Waals surface area contributed by atoms with E-state index in [0.717, 1.165) is 24.5 Å². The van der Waals surface area contributed by atoms with Gasteiger partial charge in [0.2, 0.25) is 15.9 Å². The molecule has 1 aromatic carbocycles. The molecule has 1 aliphatic heterocycles. The first-order chi connectivity index (χ1) is 14.3. The minimum absolute atomic E-state index is 0.0483. The number of amides is 1. The van der Waals surface area contributed by atoms with Crippen molar-refractivity contribution in [2.24, 2.45) is 0 Å². The Labute approximate surface area is 181 Å². The molecule has 0 bridgehead atoms. The second-order valence-corrected chi connectivity index (χ2v) is 10.5. The van der Waals surface area contributed by atoms with Crippen molar-refractivity contribution >= 4 is 38.7 Å². The number of hydrogen-bond acceptors (Lipinski definition) is 6. The molecular formula is C21H27N3O4S2. The molecule has 0 unspecified atom stereocenters. The average Bonchev–Trinajstić information content (AvgIpc) is 3.19. The molecule has 0 aliphatic carbocycles. The fraction of sp³-hybridized carbons (Fsp3) is 0.429. The summed E-state index contributed by atoms with van der Waals surface area (Å²) in [6.45, 7) is 7.33. The van der Waals surface area contributed by atoms with Crippen molar-refractivity contribution < 1.29 is 18.0 Å². The number of carbonyl (C=O) groups is 2. The van der Waals surface area contributed by atoms with Crippen LogP contribution in [-0.4, -0.2) is 62.0 Å². The molecule has 0 atom stereocenters. The Hall–Kier alpha value is -2.07. The van der Waals surface area contributed by atoms with Crippen LogP contribution in [0.2, 0.25) is 0 Å². The van der Waals surface area contributed by atoms with Crippen LogP contribution in [-0.2, 0) is 14.8 Å². The highest BCUT2D eigenvalue weighted by Gasteiger charge is 2.27. The second-order valence-electron chi connectivity index (χ2n) is 7.24. The van der Waals surface area contributed by atoms with E-state index in [1.165, 1.54) is 27.8 Å². The number of nitrogens with one attached hydrogen (secondary N) is 1. The number of anilines is 1. The van der Waals surface area contributed by atoms with Crippen molar-refractivity contribution in [1.82, 2.24) is 9.21 Å². The fourth-order valence-corrected chi connectivity index (χ4v) is 5.56. The number of rotatable bonds is 8. The smallest absolute Gasteiger partial charge is 0.243 e. The predicted octanol–water partition coefficient (Wildman–Crippen LogP) is 2.98. The number of aryl methyl sites for hydroxylation is 1. The molecule has 1 saturated heterocycles. The monoisotopic (exact) mass is 449 g/mol. The Bertz CT molecular complexity index is 992. The van der Waals surface area contributed by atoms with E-state index >= 15 is 0 Å². The molecule has 0 radical (unpaired) electrons. The topological polar surface area (TPSA) is 86.8 Å². The van der Waals surface area contributed by atoms with Gasteiger partial charge in [-0.15, -0.1) is 11.3 Å². The Morgan fingerprint density at radius 1 is 1.00 bits per heavy atom. The maximum atomic E-state index is 12.8. The predicted molar refractivity (Wildman–Crippen MR) is 119 cm³/mol. The fourth-order valence-electron chi connectivity index (χ4n) is 3.30. The summed E-state index contributed by atoms with van der Waals surface area (Å²) >= 11 is 1.42. The number of nitrogens with zero attached hydrogens (tertiary/aromatic N) is 2. The highest BCUT2D eigenvalue weighted by atomic mass is 32.2. The molecule has 0 spiro atoms. The molecule has 1 aromatic heterocycles. The van der Waals surface area contributed by atoms with Crippen LogP contribution in [0.15, 0.2) is 41.3 Å². The highest BCUT2D eigenvalue weighted by Crippen LogP contribution is 2.21. The van der Waals surface area contributed by atoms with Gasteiger partial charge in [0.15, 0.2) is 5.78 Å². The van der Waals surface area contributed by atoms with Crippen LogP contribution in [0.4, 0.5) is 5.69 Å². The number of piperazine rings is 1. The van der Waals surface area contributed by atoms with Crippen molar-refractivity contribution in [3.8, 4) is 0 Å². The Kier molecular flexibility index (Phi) is 7.41. The first-order valence-electron chi connectivity index (χ1n) is 10.0. The number of likely N-dealkylation sites (N-methyl/N-ethyl adjacent to an activating group) is 1. The van der Waals surface area contributed by atoms with Crippen molar-refractivity contribution in [3.05, 3.63) is 46.2 Å². The molecule has 1 fully saturated rings.